The topological polar surface area (TPSA) is 39.9 Å². The van der Waals surface area contributed by atoms with Crippen molar-refractivity contribution in [2.75, 3.05) is 13.1 Å². The summed E-state index contributed by atoms with van der Waals surface area (Å²) in [4.78, 5) is 7.09. The van der Waals surface area contributed by atoms with Crippen LogP contribution in [0.3, 0.4) is 0 Å². The summed E-state index contributed by atoms with van der Waals surface area (Å²) in [7, 11) is 0. The maximum atomic E-state index is 9.22. The van der Waals surface area contributed by atoms with E-state index in [9.17, 15) is 5.26 Å². The Balaban J connectivity index is 1.73. The van der Waals surface area contributed by atoms with Crippen molar-refractivity contribution in [2.24, 2.45) is 0 Å². The molecule has 0 N–H and O–H groups in total. The minimum Gasteiger partial charge on any atom is -0.299 e. The molecule has 1 aromatic carbocycles. The molecule has 1 aliphatic rings. The molecule has 0 amide bonds. The second-order valence-corrected chi connectivity index (χ2v) is 6.85. The lowest BCUT2D eigenvalue weighted by molar-refractivity contribution is 0.331. The van der Waals surface area contributed by atoms with Crippen LogP contribution in [0.1, 0.15) is 37.8 Å². The second kappa shape index (κ2) is 6.52. The van der Waals surface area contributed by atoms with Crippen LogP contribution in [-0.2, 0) is 12.0 Å². The van der Waals surface area contributed by atoms with Crippen molar-refractivity contribution in [3.8, 4) is 17.3 Å². The Morgan fingerprint density at radius 1 is 1.09 bits per heavy atom. The molecule has 3 rings (SSSR count). The SMILES string of the molecule is CC(C)(C#N)c1ccc(-c2ccc(CN3CCCC3)cn2)cc1. The molecule has 0 bridgehead atoms. The maximum absolute atomic E-state index is 9.22. The summed E-state index contributed by atoms with van der Waals surface area (Å²) in [5.41, 5.74) is 3.94. The van der Waals surface area contributed by atoms with Crippen LogP contribution >= 0.6 is 0 Å². The number of rotatable bonds is 4. The molecule has 1 aliphatic heterocycles. The first kappa shape index (κ1) is 15.7. The highest BCUT2D eigenvalue weighted by atomic mass is 15.1. The second-order valence-electron chi connectivity index (χ2n) is 6.85. The molecule has 1 fully saturated rings. The molecule has 0 spiro atoms. The highest BCUT2D eigenvalue weighted by Crippen LogP contribution is 2.25. The lowest BCUT2D eigenvalue weighted by atomic mass is 9.86. The molecule has 118 valence electrons. The molecule has 2 aromatic rings. The fraction of sp³-hybridized carbons (Fsp3) is 0.400. The normalized spacial score (nSPS) is 15.5. The van der Waals surface area contributed by atoms with Crippen molar-refractivity contribution >= 4 is 0 Å². The minimum absolute atomic E-state index is 0.453. The number of likely N-dealkylation sites (tertiary alicyclic amines) is 1. The van der Waals surface area contributed by atoms with Gasteiger partial charge < -0.3 is 0 Å². The van der Waals surface area contributed by atoms with Crippen LogP contribution < -0.4 is 0 Å². The van der Waals surface area contributed by atoms with Crippen molar-refractivity contribution in [2.45, 2.75) is 38.6 Å². The molecule has 0 radical (unpaired) electrons. The monoisotopic (exact) mass is 305 g/mol. The van der Waals surface area contributed by atoms with Gasteiger partial charge in [0.25, 0.3) is 0 Å². The molecule has 0 saturated carbocycles. The van der Waals surface area contributed by atoms with Gasteiger partial charge in [0, 0.05) is 18.3 Å². The van der Waals surface area contributed by atoms with Gasteiger partial charge in [-0.2, -0.15) is 5.26 Å². The molecule has 0 aliphatic carbocycles. The fourth-order valence-corrected chi connectivity index (χ4v) is 3.01. The first-order valence-electron chi connectivity index (χ1n) is 8.28. The van der Waals surface area contributed by atoms with Gasteiger partial charge in [-0.1, -0.05) is 30.3 Å². The van der Waals surface area contributed by atoms with Gasteiger partial charge in [0.05, 0.1) is 17.2 Å². The van der Waals surface area contributed by atoms with Gasteiger partial charge in [0.15, 0.2) is 0 Å². The Morgan fingerprint density at radius 3 is 2.35 bits per heavy atom. The van der Waals surface area contributed by atoms with Crippen LogP contribution in [0.2, 0.25) is 0 Å². The van der Waals surface area contributed by atoms with Crippen molar-refractivity contribution in [1.29, 1.82) is 5.26 Å². The van der Waals surface area contributed by atoms with E-state index in [1.54, 1.807) is 0 Å². The molecule has 0 atom stereocenters. The van der Waals surface area contributed by atoms with Crippen LogP contribution in [0, 0.1) is 11.3 Å². The minimum atomic E-state index is -0.453. The van der Waals surface area contributed by atoms with Crippen LogP contribution in [0.5, 0.6) is 0 Å². The van der Waals surface area contributed by atoms with Crippen LogP contribution in [0.25, 0.3) is 11.3 Å². The number of benzene rings is 1. The average molecular weight is 305 g/mol. The Morgan fingerprint density at radius 2 is 1.78 bits per heavy atom. The van der Waals surface area contributed by atoms with Gasteiger partial charge in [-0.25, -0.2) is 0 Å². The molecule has 2 heterocycles. The summed E-state index contributed by atoms with van der Waals surface area (Å²) in [5, 5.41) is 9.22. The summed E-state index contributed by atoms with van der Waals surface area (Å²) in [6.45, 7) is 7.29. The first-order valence-corrected chi connectivity index (χ1v) is 8.28. The number of pyridine rings is 1. The standard InChI is InChI=1S/C20H23N3/c1-20(2,15-21)18-8-6-17(7-9-18)19-10-5-16(13-22-19)14-23-11-3-4-12-23/h5-10,13H,3-4,11-12,14H2,1-2H3. The van der Waals surface area contributed by atoms with E-state index in [1.807, 2.05) is 32.2 Å². The van der Waals surface area contributed by atoms with Gasteiger partial charge in [0.1, 0.15) is 0 Å². The van der Waals surface area contributed by atoms with Crippen molar-refractivity contribution in [3.63, 3.8) is 0 Å². The third-order valence-corrected chi connectivity index (χ3v) is 4.61. The van der Waals surface area contributed by atoms with E-state index >= 15 is 0 Å². The average Bonchev–Trinajstić information content (AvgIpc) is 3.09. The maximum Gasteiger partial charge on any atom is 0.0766 e. The molecular formula is C20H23N3. The van der Waals surface area contributed by atoms with E-state index in [4.69, 9.17) is 0 Å². The highest BCUT2D eigenvalue weighted by Gasteiger charge is 2.19. The smallest absolute Gasteiger partial charge is 0.0766 e. The molecule has 1 aromatic heterocycles. The number of aromatic nitrogens is 1. The quantitative estimate of drug-likeness (QED) is 0.852. The van der Waals surface area contributed by atoms with Crippen molar-refractivity contribution < 1.29 is 0 Å². The van der Waals surface area contributed by atoms with E-state index in [0.717, 1.165) is 23.4 Å². The summed E-state index contributed by atoms with van der Waals surface area (Å²) in [6, 6.07) is 14.8. The summed E-state index contributed by atoms with van der Waals surface area (Å²) >= 11 is 0. The zero-order chi connectivity index (χ0) is 16.3. The number of hydrogen-bond acceptors (Lipinski definition) is 3. The van der Waals surface area contributed by atoms with Gasteiger partial charge in [-0.15, -0.1) is 0 Å². The molecule has 3 heteroatoms. The number of hydrogen-bond donors (Lipinski definition) is 0. The molecule has 1 saturated heterocycles. The summed E-state index contributed by atoms with van der Waals surface area (Å²) in [5.74, 6) is 0. The van der Waals surface area contributed by atoms with E-state index < -0.39 is 5.41 Å². The molecule has 0 unspecified atom stereocenters. The van der Waals surface area contributed by atoms with Crippen LogP contribution in [0.4, 0.5) is 0 Å². The molecule has 23 heavy (non-hydrogen) atoms. The first-order chi connectivity index (χ1) is 11.1. The fourth-order valence-electron chi connectivity index (χ4n) is 3.01. The number of nitrogens with zero attached hydrogens (tertiary/aromatic N) is 3. The van der Waals surface area contributed by atoms with Gasteiger partial charge in [0.2, 0.25) is 0 Å². The Bertz CT molecular complexity index is 687. The Labute approximate surface area is 138 Å². The lowest BCUT2D eigenvalue weighted by Gasteiger charge is -2.16. The van der Waals surface area contributed by atoms with E-state index in [-0.39, 0.29) is 0 Å². The van der Waals surface area contributed by atoms with Crippen molar-refractivity contribution in [3.05, 3.63) is 53.7 Å². The van der Waals surface area contributed by atoms with Gasteiger partial charge in [-0.3, -0.25) is 9.88 Å². The third-order valence-electron chi connectivity index (χ3n) is 4.61. The lowest BCUT2D eigenvalue weighted by Crippen LogP contribution is -2.18. The van der Waals surface area contributed by atoms with Gasteiger partial charge in [-0.05, 0) is 57.0 Å². The van der Waals surface area contributed by atoms with Gasteiger partial charge >= 0.3 is 0 Å². The predicted octanol–water partition coefficient (Wildman–Crippen LogP) is 4.15. The van der Waals surface area contributed by atoms with E-state index in [2.05, 4.69) is 40.2 Å². The van der Waals surface area contributed by atoms with E-state index in [0.29, 0.717) is 0 Å². The van der Waals surface area contributed by atoms with Crippen molar-refractivity contribution in [1.82, 2.24) is 9.88 Å². The Hall–Kier alpha value is -2.18. The predicted molar refractivity (Wildman–Crippen MR) is 92.8 cm³/mol. The zero-order valence-electron chi connectivity index (χ0n) is 13.9. The van der Waals surface area contributed by atoms with Crippen LogP contribution in [-0.4, -0.2) is 23.0 Å². The summed E-state index contributed by atoms with van der Waals surface area (Å²) < 4.78 is 0. The van der Waals surface area contributed by atoms with Crippen LogP contribution in [0.15, 0.2) is 42.6 Å². The Kier molecular flexibility index (Phi) is 4.45. The zero-order valence-corrected chi connectivity index (χ0v) is 13.9. The largest absolute Gasteiger partial charge is 0.299 e. The summed E-state index contributed by atoms with van der Waals surface area (Å²) in [6.07, 6.45) is 4.62. The number of nitriles is 1. The molecular weight excluding hydrogens is 282 g/mol. The highest BCUT2D eigenvalue weighted by molar-refractivity contribution is 5.60. The van der Waals surface area contributed by atoms with E-state index in [1.165, 1.54) is 31.5 Å². The third kappa shape index (κ3) is 3.60. The molecule has 3 nitrogen and oxygen atoms in total.